The molecule has 0 aromatic heterocycles. The molecule has 2 aliphatic rings. The second kappa shape index (κ2) is 8.72. The van der Waals surface area contributed by atoms with Crippen LogP contribution in [0, 0.1) is 11.3 Å². The van der Waals surface area contributed by atoms with Gasteiger partial charge in [0, 0.05) is 31.1 Å². The Kier molecular flexibility index (Phi) is 8.71. The van der Waals surface area contributed by atoms with Gasteiger partial charge in [0.05, 0.1) is 0 Å². The molecule has 0 spiro atoms. The summed E-state index contributed by atoms with van der Waals surface area (Å²) in [5.74, 6) is 0.600. The van der Waals surface area contributed by atoms with E-state index in [1.165, 1.54) is 0 Å². The number of carbonyl (C=O) groups excluding carboxylic acids is 1. The summed E-state index contributed by atoms with van der Waals surface area (Å²) in [5.41, 5.74) is 6.21. The summed E-state index contributed by atoms with van der Waals surface area (Å²) in [6, 6.07) is 0.812. The molecular formula is C16H33Cl2N3O. The monoisotopic (exact) mass is 353 g/mol. The minimum atomic E-state index is 0. The van der Waals surface area contributed by atoms with E-state index in [0.717, 1.165) is 45.4 Å². The van der Waals surface area contributed by atoms with Crippen molar-refractivity contribution in [1.82, 2.24) is 9.80 Å². The van der Waals surface area contributed by atoms with Crippen LogP contribution in [0.15, 0.2) is 0 Å². The van der Waals surface area contributed by atoms with E-state index in [9.17, 15) is 4.79 Å². The van der Waals surface area contributed by atoms with Gasteiger partial charge < -0.3 is 15.5 Å². The minimum absolute atomic E-state index is 0. The van der Waals surface area contributed by atoms with E-state index in [0.29, 0.717) is 11.9 Å². The molecule has 0 aromatic carbocycles. The molecule has 6 heteroatoms. The molecular weight excluding hydrogens is 321 g/mol. The number of nitrogens with zero attached hydrogens (tertiary/aromatic N) is 2. The van der Waals surface area contributed by atoms with Gasteiger partial charge in [-0.25, -0.2) is 0 Å². The van der Waals surface area contributed by atoms with Crippen LogP contribution >= 0.6 is 24.8 Å². The van der Waals surface area contributed by atoms with Gasteiger partial charge in [-0.3, -0.25) is 4.79 Å². The number of rotatable bonds is 2. The molecule has 2 aliphatic heterocycles. The summed E-state index contributed by atoms with van der Waals surface area (Å²) < 4.78 is 0. The highest BCUT2D eigenvalue weighted by atomic mass is 35.5. The summed E-state index contributed by atoms with van der Waals surface area (Å²) in [4.78, 5) is 17.2. The fraction of sp³-hybridized carbons (Fsp3) is 0.938. The van der Waals surface area contributed by atoms with E-state index in [2.05, 4.69) is 37.5 Å². The normalized spacial score (nSPS) is 26.3. The topological polar surface area (TPSA) is 49.6 Å². The van der Waals surface area contributed by atoms with E-state index < -0.39 is 0 Å². The van der Waals surface area contributed by atoms with Crippen molar-refractivity contribution in [3.8, 4) is 0 Å². The van der Waals surface area contributed by atoms with Crippen LogP contribution < -0.4 is 5.73 Å². The number of hydrogen-bond donors (Lipinski definition) is 1. The van der Waals surface area contributed by atoms with Crippen LogP contribution in [0.3, 0.4) is 0 Å². The fourth-order valence-corrected chi connectivity index (χ4v) is 3.48. The Balaban J connectivity index is 0.00000220. The maximum atomic E-state index is 12.7. The van der Waals surface area contributed by atoms with E-state index in [1.54, 1.807) is 0 Å². The number of nitrogens with two attached hydrogens (primary N) is 1. The predicted octanol–water partition coefficient (Wildman–Crippen LogP) is 2.54. The Morgan fingerprint density at radius 3 is 2.09 bits per heavy atom. The SMILES string of the molecule is CC(C)N1CCC(C(=O)N2CCC(N)C(C)(C)C2)CC1.Cl.Cl. The number of halogens is 2. The molecule has 2 saturated heterocycles. The quantitative estimate of drug-likeness (QED) is 0.829. The lowest BCUT2D eigenvalue weighted by Gasteiger charge is -2.44. The van der Waals surface area contributed by atoms with Gasteiger partial charge in [0.15, 0.2) is 0 Å². The summed E-state index contributed by atoms with van der Waals surface area (Å²) in [5, 5.41) is 0. The highest BCUT2D eigenvalue weighted by Gasteiger charge is 2.38. The van der Waals surface area contributed by atoms with Gasteiger partial charge in [-0.2, -0.15) is 0 Å². The van der Waals surface area contributed by atoms with Crippen molar-refractivity contribution >= 4 is 30.7 Å². The second-order valence-electron chi connectivity index (χ2n) is 7.55. The summed E-state index contributed by atoms with van der Waals surface area (Å²) >= 11 is 0. The highest BCUT2D eigenvalue weighted by Crippen LogP contribution is 2.30. The molecule has 2 fully saturated rings. The third-order valence-electron chi connectivity index (χ3n) is 5.23. The van der Waals surface area contributed by atoms with Crippen molar-refractivity contribution in [2.75, 3.05) is 26.2 Å². The number of carbonyl (C=O) groups is 1. The Morgan fingerprint density at radius 1 is 1.09 bits per heavy atom. The smallest absolute Gasteiger partial charge is 0.225 e. The zero-order chi connectivity index (χ0) is 14.9. The van der Waals surface area contributed by atoms with E-state index >= 15 is 0 Å². The van der Waals surface area contributed by atoms with Gasteiger partial charge in [0.25, 0.3) is 0 Å². The van der Waals surface area contributed by atoms with Gasteiger partial charge in [0.1, 0.15) is 0 Å². The molecule has 0 radical (unpaired) electrons. The lowest BCUT2D eigenvalue weighted by atomic mass is 9.79. The van der Waals surface area contributed by atoms with E-state index in [-0.39, 0.29) is 42.2 Å². The molecule has 1 atom stereocenters. The Bertz CT molecular complexity index is 355. The van der Waals surface area contributed by atoms with Gasteiger partial charge in [-0.1, -0.05) is 13.8 Å². The van der Waals surface area contributed by atoms with Crippen LogP contribution in [0.4, 0.5) is 0 Å². The Morgan fingerprint density at radius 2 is 1.64 bits per heavy atom. The molecule has 22 heavy (non-hydrogen) atoms. The van der Waals surface area contributed by atoms with Crippen molar-refractivity contribution < 1.29 is 4.79 Å². The highest BCUT2D eigenvalue weighted by molar-refractivity contribution is 5.85. The fourth-order valence-electron chi connectivity index (χ4n) is 3.48. The largest absolute Gasteiger partial charge is 0.342 e. The third kappa shape index (κ3) is 4.98. The average molecular weight is 354 g/mol. The average Bonchev–Trinajstić information content (AvgIpc) is 2.41. The molecule has 1 unspecified atom stereocenters. The second-order valence-corrected chi connectivity index (χ2v) is 7.55. The molecule has 0 aromatic rings. The van der Waals surface area contributed by atoms with Crippen molar-refractivity contribution in [2.45, 2.75) is 59.0 Å². The summed E-state index contributed by atoms with van der Waals surface area (Å²) in [6.07, 6.45) is 2.96. The van der Waals surface area contributed by atoms with Crippen LogP contribution in [-0.4, -0.2) is 54.0 Å². The number of hydrogen-bond acceptors (Lipinski definition) is 3. The third-order valence-corrected chi connectivity index (χ3v) is 5.23. The lowest BCUT2D eigenvalue weighted by Crippen LogP contribution is -2.55. The molecule has 1 amide bonds. The van der Waals surface area contributed by atoms with Crippen LogP contribution in [0.1, 0.15) is 47.0 Å². The first kappa shape index (κ1) is 22.0. The maximum Gasteiger partial charge on any atom is 0.225 e. The van der Waals surface area contributed by atoms with Gasteiger partial charge in [0.2, 0.25) is 5.91 Å². The zero-order valence-electron chi connectivity index (χ0n) is 14.4. The van der Waals surface area contributed by atoms with Gasteiger partial charge in [-0.05, 0) is 51.6 Å². The molecule has 2 heterocycles. The molecule has 2 N–H and O–H groups in total. The summed E-state index contributed by atoms with van der Waals surface area (Å²) in [7, 11) is 0. The Hall–Kier alpha value is -0.0300. The van der Waals surface area contributed by atoms with Crippen LogP contribution in [0.5, 0.6) is 0 Å². The first-order valence-corrected chi connectivity index (χ1v) is 8.09. The van der Waals surface area contributed by atoms with E-state index in [4.69, 9.17) is 5.73 Å². The van der Waals surface area contributed by atoms with Gasteiger partial charge in [-0.15, -0.1) is 24.8 Å². The first-order chi connectivity index (χ1) is 9.31. The standard InChI is InChI=1S/C16H31N3O.2ClH/c1-12(2)18-8-5-13(6-9-18)15(20)19-10-7-14(17)16(3,4)11-19;;/h12-14H,5-11,17H2,1-4H3;2*1H. The number of piperidine rings is 2. The molecule has 0 saturated carbocycles. The summed E-state index contributed by atoms with van der Waals surface area (Å²) in [6.45, 7) is 12.6. The molecule has 132 valence electrons. The number of amides is 1. The van der Waals surface area contributed by atoms with Crippen molar-refractivity contribution in [3.05, 3.63) is 0 Å². The molecule has 0 bridgehead atoms. The Labute approximate surface area is 148 Å². The molecule has 4 nitrogen and oxygen atoms in total. The first-order valence-electron chi connectivity index (χ1n) is 8.09. The predicted molar refractivity (Wildman–Crippen MR) is 96.9 cm³/mol. The van der Waals surface area contributed by atoms with Gasteiger partial charge >= 0.3 is 0 Å². The maximum absolute atomic E-state index is 12.7. The number of likely N-dealkylation sites (tertiary alicyclic amines) is 2. The van der Waals surface area contributed by atoms with Crippen LogP contribution in [0.25, 0.3) is 0 Å². The van der Waals surface area contributed by atoms with Crippen molar-refractivity contribution in [3.63, 3.8) is 0 Å². The van der Waals surface area contributed by atoms with E-state index in [1.807, 2.05) is 0 Å². The molecule has 2 rings (SSSR count). The zero-order valence-corrected chi connectivity index (χ0v) is 16.0. The lowest BCUT2D eigenvalue weighted by molar-refractivity contribution is -0.140. The van der Waals surface area contributed by atoms with Crippen molar-refractivity contribution in [1.29, 1.82) is 0 Å². The van der Waals surface area contributed by atoms with Crippen molar-refractivity contribution in [2.24, 2.45) is 17.1 Å². The minimum Gasteiger partial charge on any atom is -0.342 e. The van der Waals surface area contributed by atoms with Crippen LogP contribution in [-0.2, 0) is 4.79 Å². The molecule has 0 aliphatic carbocycles. The van der Waals surface area contributed by atoms with Crippen LogP contribution in [0.2, 0.25) is 0 Å².